The van der Waals surface area contributed by atoms with Crippen molar-refractivity contribution in [1.82, 2.24) is 0 Å². The van der Waals surface area contributed by atoms with Gasteiger partial charge in [-0.25, -0.2) is 0 Å². The minimum absolute atomic E-state index is 0. The van der Waals surface area contributed by atoms with Gasteiger partial charge in [0.15, 0.2) is 0 Å². The molecule has 2 N–H and O–H groups in total. The van der Waals surface area contributed by atoms with Crippen molar-refractivity contribution >= 4 is 76.5 Å². The Morgan fingerprint density at radius 1 is 1.33 bits per heavy atom. The predicted molar refractivity (Wildman–Crippen MR) is 26.6 cm³/mol. The van der Waals surface area contributed by atoms with Gasteiger partial charge in [-0.2, -0.15) is 0 Å². The molecule has 0 saturated heterocycles. The van der Waals surface area contributed by atoms with E-state index in [4.69, 9.17) is 14.1 Å². The summed E-state index contributed by atoms with van der Waals surface area (Å²) < 4.78 is 8.74. The molecule has 0 aromatic carbocycles. The van der Waals surface area contributed by atoms with Crippen LogP contribution in [0.5, 0.6) is 0 Å². The fraction of sp³-hybridized carbons (Fsp3) is 0. The van der Waals surface area contributed by atoms with Crippen molar-refractivity contribution in [2.24, 2.45) is 0 Å². The molecule has 0 aromatic heterocycles. The van der Waals surface area contributed by atoms with E-state index < -0.39 is 9.17 Å². The Hall–Kier alpha value is 1.88. The molecular formula is H5CaNaO3Si. The van der Waals surface area contributed by atoms with Crippen molar-refractivity contribution in [3.63, 3.8) is 0 Å². The topological polar surface area (TPSA) is 57.5 Å². The molecule has 0 saturated carbocycles. The van der Waals surface area contributed by atoms with E-state index in [1.54, 1.807) is 0 Å². The molecule has 0 aliphatic heterocycles. The molecule has 0 unspecified atom stereocenters. The SMILES string of the molecule is O=[Si](O)O.[CaH2].[NaH]. The Kier molecular flexibility index (Phi) is 26.1. The average Bonchev–Trinajstić information content (AvgIpc) is 0.811. The van der Waals surface area contributed by atoms with E-state index in [0.717, 1.165) is 0 Å². The molecule has 6 heteroatoms. The van der Waals surface area contributed by atoms with Gasteiger partial charge in [-0.15, -0.1) is 0 Å². The van der Waals surface area contributed by atoms with E-state index in [9.17, 15) is 0 Å². The molecule has 0 fully saturated rings. The van der Waals surface area contributed by atoms with Crippen LogP contribution in [0.25, 0.3) is 0 Å². The zero-order valence-electron chi connectivity index (χ0n) is 1.80. The summed E-state index contributed by atoms with van der Waals surface area (Å²) in [5.74, 6) is 0. The first-order chi connectivity index (χ1) is 1.73. The zero-order chi connectivity index (χ0) is 3.58. The van der Waals surface area contributed by atoms with E-state index in [-0.39, 0.29) is 67.3 Å². The molecule has 6 heavy (non-hydrogen) atoms. The Morgan fingerprint density at radius 2 is 1.33 bits per heavy atom. The number of hydrogen-bond acceptors (Lipinski definition) is 1. The van der Waals surface area contributed by atoms with Gasteiger partial charge in [-0.1, -0.05) is 0 Å². The molecule has 0 aliphatic carbocycles. The molecular weight excluding hydrogens is 139 g/mol. The second-order valence-electron chi connectivity index (χ2n) is 0.283. The maximum absolute atomic E-state index is 8.74. The third kappa shape index (κ3) is 39.7. The van der Waals surface area contributed by atoms with Crippen LogP contribution in [0, 0.1) is 0 Å². The Morgan fingerprint density at radius 3 is 1.33 bits per heavy atom. The summed E-state index contributed by atoms with van der Waals surface area (Å²) in [6.07, 6.45) is 0. The van der Waals surface area contributed by atoms with Gasteiger partial charge in [0.05, 0.1) is 0 Å². The van der Waals surface area contributed by atoms with Crippen molar-refractivity contribution in [2.75, 3.05) is 0 Å². The third-order valence-corrected chi connectivity index (χ3v) is 0. The fourth-order valence-electron chi connectivity index (χ4n) is 0. The van der Waals surface area contributed by atoms with Gasteiger partial charge < -0.3 is 9.59 Å². The fourth-order valence-corrected chi connectivity index (χ4v) is 0. The van der Waals surface area contributed by atoms with Gasteiger partial charge in [-0.05, 0) is 0 Å². The summed E-state index contributed by atoms with van der Waals surface area (Å²) in [5, 5.41) is 0. The van der Waals surface area contributed by atoms with Gasteiger partial charge in [0.2, 0.25) is 0 Å². The van der Waals surface area contributed by atoms with Crippen LogP contribution < -0.4 is 0 Å². The molecule has 0 radical (unpaired) electrons. The molecule has 0 heterocycles. The monoisotopic (exact) mass is 144 g/mol. The first-order valence-electron chi connectivity index (χ1n) is 0.651. The second kappa shape index (κ2) is 9.99. The maximum atomic E-state index is 8.74. The summed E-state index contributed by atoms with van der Waals surface area (Å²) in [4.78, 5) is 14.3. The summed E-state index contributed by atoms with van der Waals surface area (Å²) >= 11 is 0. The molecule has 3 nitrogen and oxygen atoms in total. The van der Waals surface area contributed by atoms with Crippen LogP contribution in [-0.4, -0.2) is 86.1 Å². The summed E-state index contributed by atoms with van der Waals surface area (Å²) in [6.45, 7) is 0. The van der Waals surface area contributed by atoms with Gasteiger partial charge in [0.1, 0.15) is 0 Å². The van der Waals surface area contributed by atoms with Crippen LogP contribution in [0.15, 0.2) is 0 Å². The van der Waals surface area contributed by atoms with E-state index >= 15 is 0 Å². The molecule has 0 spiro atoms. The Labute approximate surface area is 88.9 Å². The first kappa shape index (κ1) is 15.7. The van der Waals surface area contributed by atoms with Crippen molar-refractivity contribution in [3.8, 4) is 0 Å². The Balaban J connectivity index is -0.0000000450. The van der Waals surface area contributed by atoms with Gasteiger partial charge in [-0.3, -0.25) is 4.46 Å². The van der Waals surface area contributed by atoms with E-state index in [0.29, 0.717) is 0 Å². The normalized spacial score (nSPS) is 4.00. The zero-order valence-corrected chi connectivity index (χ0v) is 2.80. The molecule has 0 aromatic rings. The number of rotatable bonds is 0. The molecule has 0 atom stereocenters. The van der Waals surface area contributed by atoms with Crippen molar-refractivity contribution in [3.05, 3.63) is 0 Å². The summed E-state index contributed by atoms with van der Waals surface area (Å²) in [6, 6.07) is 0. The van der Waals surface area contributed by atoms with Crippen molar-refractivity contribution < 1.29 is 14.1 Å². The van der Waals surface area contributed by atoms with E-state index in [2.05, 4.69) is 0 Å². The van der Waals surface area contributed by atoms with Crippen LogP contribution in [0.2, 0.25) is 0 Å². The summed E-state index contributed by atoms with van der Waals surface area (Å²) in [7, 11) is -3.13. The summed E-state index contributed by atoms with van der Waals surface area (Å²) in [5.41, 5.74) is 0. The molecule has 0 rings (SSSR count). The van der Waals surface area contributed by atoms with Gasteiger partial charge in [0, 0.05) is 0 Å². The number of hydrogen-bond donors (Lipinski definition) is 2. The third-order valence-electron chi connectivity index (χ3n) is 0. The molecule has 30 valence electrons. The van der Waals surface area contributed by atoms with Crippen LogP contribution in [0.4, 0.5) is 0 Å². The van der Waals surface area contributed by atoms with Crippen LogP contribution in [-0.2, 0) is 4.46 Å². The van der Waals surface area contributed by atoms with Crippen molar-refractivity contribution in [1.29, 1.82) is 0 Å². The molecule has 0 bridgehead atoms. The molecule has 0 aliphatic rings. The quantitative estimate of drug-likeness (QED) is 0.352. The molecule has 0 amide bonds. The predicted octanol–water partition coefficient (Wildman–Crippen LogP) is -3.18. The van der Waals surface area contributed by atoms with E-state index in [1.165, 1.54) is 0 Å². The second-order valence-corrected chi connectivity index (χ2v) is 0.848. The van der Waals surface area contributed by atoms with Crippen LogP contribution >= 0.6 is 0 Å². The van der Waals surface area contributed by atoms with Crippen LogP contribution in [0.3, 0.4) is 0 Å². The van der Waals surface area contributed by atoms with E-state index in [1.807, 2.05) is 0 Å². The standard InChI is InChI=1S/Ca.Na.H2O3Si.3H/c;;1-4(2)3;;;/h;;1-2H;;;. The average molecular weight is 144 g/mol. The van der Waals surface area contributed by atoms with Crippen LogP contribution in [0.1, 0.15) is 0 Å². The van der Waals surface area contributed by atoms with Gasteiger partial charge in [0.25, 0.3) is 0 Å². The first-order valence-corrected chi connectivity index (χ1v) is 1.95. The minimum atomic E-state index is -3.13. The Bertz CT molecular complexity index is 33.8. The van der Waals surface area contributed by atoms with Gasteiger partial charge >= 0.3 is 76.5 Å². The van der Waals surface area contributed by atoms with Crippen molar-refractivity contribution in [2.45, 2.75) is 0 Å².